The zero-order valence-corrected chi connectivity index (χ0v) is 18.2. The van der Waals surface area contributed by atoms with Gasteiger partial charge in [0.1, 0.15) is 0 Å². The van der Waals surface area contributed by atoms with Crippen molar-refractivity contribution < 1.29 is 0 Å². The Morgan fingerprint density at radius 2 is 1.87 bits per heavy atom. The smallest absolute Gasteiger partial charge is 0.191 e. The van der Waals surface area contributed by atoms with Crippen molar-refractivity contribution in [3.8, 4) is 5.82 Å². The minimum absolute atomic E-state index is 0.292. The molecule has 0 radical (unpaired) electrons. The van der Waals surface area contributed by atoms with E-state index in [1.807, 2.05) is 31.6 Å². The van der Waals surface area contributed by atoms with Crippen LogP contribution in [0.4, 0.5) is 0 Å². The Bertz CT molecular complexity index is 803. The molecular weight excluding hydrogens is 374 g/mol. The fraction of sp³-hybridized carbons (Fsp3) is 0.609. The van der Waals surface area contributed by atoms with Crippen LogP contribution >= 0.6 is 0 Å². The molecule has 7 nitrogen and oxygen atoms in total. The van der Waals surface area contributed by atoms with Crippen LogP contribution in [0.3, 0.4) is 0 Å². The van der Waals surface area contributed by atoms with Crippen LogP contribution in [0.25, 0.3) is 5.82 Å². The van der Waals surface area contributed by atoms with Gasteiger partial charge in [0.25, 0.3) is 0 Å². The van der Waals surface area contributed by atoms with Crippen LogP contribution in [-0.2, 0) is 6.54 Å². The van der Waals surface area contributed by atoms with Gasteiger partial charge in [-0.2, -0.15) is 5.10 Å². The molecule has 7 heteroatoms. The van der Waals surface area contributed by atoms with E-state index in [9.17, 15) is 0 Å². The van der Waals surface area contributed by atoms with Gasteiger partial charge in [-0.25, -0.2) is 9.67 Å². The van der Waals surface area contributed by atoms with Gasteiger partial charge in [0.15, 0.2) is 11.8 Å². The van der Waals surface area contributed by atoms with Crippen LogP contribution in [0.2, 0.25) is 0 Å². The Morgan fingerprint density at radius 1 is 1.07 bits per heavy atom. The number of rotatable bonds is 6. The second-order valence-corrected chi connectivity index (χ2v) is 8.58. The van der Waals surface area contributed by atoms with Crippen molar-refractivity contribution >= 4 is 5.96 Å². The molecule has 0 spiro atoms. The maximum Gasteiger partial charge on any atom is 0.191 e. The molecule has 2 aromatic heterocycles. The lowest BCUT2D eigenvalue weighted by Crippen LogP contribution is -2.59. The highest BCUT2D eigenvalue weighted by molar-refractivity contribution is 5.79. The second kappa shape index (κ2) is 10.1. The summed E-state index contributed by atoms with van der Waals surface area (Å²) in [6, 6.07) is 6.00. The van der Waals surface area contributed by atoms with Crippen LogP contribution in [0.1, 0.15) is 56.9 Å². The molecule has 1 aliphatic heterocycles. The molecule has 2 aromatic rings. The van der Waals surface area contributed by atoms with Gasteiger partial charge in [-0.05, 0) is 62.5 Å². The van der Waals surface area contributed by atoms with Crippen molar-refractivity contribution in [2.75, 3.05) is 26.7 Å². The molecule has 3 heterocycles. The number of nitrogens with one attached hydrogen (secondary N) is 2. The molecule has 1 aliphatic carbocycles. The van der Waals surface area contributed by atoms with E-state index in [1.165, 1.54) is 64.5 Å². The summed E-state index contributed by atoms with van der Waals surface area (Å²) >= 11 is 0. The molecule has 2 aliphatic rings. The van der Waals surface area contributed by atoms with E-state index in [0.29, 0.717) is 12.1 Å². The first-order chi connectivity index (χ1) is 14.8. The van der Waals surface area contributed by atoms with Crippen molar-refractivity contribution in [2.24, 2.45) is 4.99 Å². The van der Waals surface area contributed by atoms with Gasteiger partial charge >= 0.3 is 0 Å². The minimum Gasteiger partial charge on any atom is -0.355 e. The molecule has 0 bridgehead atoms. The monoisotopic (exact) mass is 409 g/mol. The Labute approximate surface area is 180 Å². The number of hydrogen-bond acceptors (Lipinski definition) is 4. The largest absolute Gasteiger partial charge is 0.355 e. The highest BCUT2D eigenvalue weighted by Crippen LogP contribution is 2.35. The average molecular weight is 410 g/mol. The molecule has 0 unspecified atom stereocenters. The summed E-state index contributed by atoms with van der Waals surface area (Å²) in [5.41, 5.74) is 1.45. The van der Waals surface area contributed by atoms with E-state index >= 15 is 0 Å². The Hall–Kier alpha value is -2.41. The maximum atomic E-state index is 4.48. The Balaban J connectivity index is 1.35. The molecule has 162 valence electrons. The van der Waals surface area contributed by atoms with Gasteiger partial charge in [0.2, 0.25) is 0 Å². The molecule has 1 saturated heterocycles. The number of pyridine rings is 1. The summed E-state index contributed by atoms with van der Waals surface area (Å²) < 4.78 is 1.78. The summed E-state index contributed by atoms with van der Waals surface area (Å²) in [5, 5.41) is 11.4. The van der Waals surface area contributed by atoms with Crippen LogP contribution in [0.15, 0.2) is 41.8 Å². The zero-order chi connectivity index (χ0) is 20.7. The summed E-state index contributed by atoms with van der Waals surface area (Å²) in [6.45, 7) is 4.18. The van der Waals surface area contributed by atoms with Gasteiger partial charge in [0, 0.05) is 44.3 Å². The first kappa shape index (κ1) is 20.8. The molecule has 0 atom stereocenters. The van der Waals surface area contributed by atoms with E-state index in [4.69, 9.17) is 0 Å². The highest BCUT2D eigenvalue weighted by Gasteiger charge is 2.38. The van der Waals surface area contributed by atoms with E-state index in [1.54, 1.807) is 10.9 Å². The summed E-state index contributed by atoms with van der Waals surface area (Å²) in [7, 11) is 1.85. The number of nitrogens with zero attached hydrogens (tertiary/aromatic N) is 5. The van der Waals surface area contributed by atoms with Gasteiger partial charge < -0.3 is 10.6 Å². The Morgan fingerprint density at radius 3 is 2.60 bits per heavy atom. The average Bonchev–Trinajstić information content (AvgIpc) is 3.36. The van der Waals surface area contributed by atoms with Gasteiger partial charge in [-0.1, -0.05) is 25.7 Å². The van der Waals surface area contributed by atoms with Gasteiger partial charge in [-0.3, -0.25) is 9.89 Å². The van der Waals surface area contributed by atoms with Crippen molar-refractivity contribution in [3.63, 3.8) is 0 Å². The number of guanidine groups is 1. The lowest BCUT2D eigenvalue weighted by Gasteiger charge is -2.48. The third kappa shape index (κ3) is 5.01. The number of aliphatic imine (C=N–C) groups is 1. The molecule has 0 aromatic carbocycles. The summed E-state index contributed by atoms with van der Waals surface area (Å²) in [6.07, 6.45) is 16.2. The van der Waals surface area contributed by atoms with Crippen LogP contribution in [0, 0.1) is 0 Å². The quantitative estimate of drug-likeness (QED) is 0.567. The maximum absolute atomic E-state index is 4.48. The molecule has 4 rings (SSSR count). The number of piperidine rings is 1. The van der Waals surface area contributed by atoms with Gasteiger partial charge in [-0.15, -0.1) is 0 Å². The highest BCUT2D eigenvalue weighted by atomic mass is 15.3. The molecule has 2 N–H and O–H groups in total. The topological polar surface area (TPSA) is 70.4 Å². The molecular formula is C23H35N7. The number of aromatic nitrogens is 3. The fourth-order valence-corrected chi connectivity index (χ4v) is 4.94. The van der Waals surface area contributed by atoms with E-state index in [0.717, 1.165) is 23.9 Å². The lowest BCUT2D eigenvalue weighted by molar-refractivity contribution is 0.0368. The SMILES string of the molecule is CN=C(NCc1ccnc(-n2cccn2)c1)NCC1(N2CCCCC2)CCCCC1. The molecule has 2 fully saturated rings. The number of likely N-dealkylation sites (tertiary alicyclic amines) is 1. The lowest BCUT2D eigenvalue weighted by atomic mass is 9.79. The van der Waals surface area contributed by atoms with Crippen molar-refractivity contribution in [2.45, 2.75) is 63.5 Å². The predicted molar refractivity (Wildman–Crippen MR) is 121 cm³/mol. The van der Waals surface area contributed by atoms with E-state index in [-0.39, 0.29) is 0 Å². The van der Waals surface area contributed by atoms with E-state index in [2.05, 4.69) is 36.7 Å². The van der Waals surface area contributed by atoms with Crippen molar-refractivity contribution in [3.05, 3.63) is 42.4 Å². The van der Waals surface area contributed by atoms with Crippen LogP contribution in [0.5, 0.6) is 0 Å². The molecule has 30 heavy (non-hydrogen) atoms. The Kier molecular flexibility index (Phi) is 7.00. The van der Waals surface area contributed by atoms with E-state index < -0.39 is 0 Å². The molecule has 1 saturated carbocycles. The third-order valence-electron chi connectivity index (χ3n) is 6.63. The standard InChI is InChI=1S/C23H35N7/c1-24-22(26-18-20-9-13-25-21(17-20)30-16-8-12-28-30)27-19-23(10-4-2-5-11-23)29-14-6-3-7-15-29/h8-9,12-13,16-17H,2-7,10-11,14-15,18-19H2,1H3,(H2,24,26,27). The normalized spacial score (nSPS) is 20.1. The number of hydrogen-bond donors (Lipinski definition) is 2. The van der Waals surface area contributed by atoms with Crippen molar-refractivity contribution in [1.29, 1.82) is 0 Å². The first-order valence-corrected chi connectivity index (χ1v) is 11.4. The first-order valence-electron chi connectivity index (χ1n) is 11.4. The predicted octanol–water partition coefficient (Wildman–Crippen LogP) is 3.12. The van der Waals surface area contributed by atoms with Crippen LogP contribution in [-0.4, -0.2) is 57.8 Å². The van der Waals surface area contributed by atoms with Crippen LogP contribution < -0.4 is 10.6 Å². The zero-order valence-electron chi connectivity index (χ0n) is 18.2. The molecule has 0 amide bonds. The minimum atomic E-state index is 0.292. The summed E-state index contributed by atoms with van der Waals surface area (Å²) in [5.74, 6) is 1.70. The van der Waals surface area contributed by atoms with Gasteiger partial charge in [0.05, 0.1) is 0 Å². The third-order valence-corrected chi connectivity index (χ3v) is 6.63. The fourth-order valence-electron chi connectivity index (χ4n) is 4.94. The second-order valence-electron chi connectivity index (χ2n) is 8.58. The van der Waals surface area contributed by atoms with Crippen molar-refractivity contribution in [1.82, 2.24) is 30.3 Å². The summed E-state index contributed by atoms with van der Waals surface area (Å²) in [4.78, 5) is 11.7.